The van der Waals surface area contributed by atoms with Crippen LogP contribution in [-0.2, 0) is 4.74 Å². The van der Waals surface area contributed by atoms with Crippen molar-refractivity contribution in [1.29, 1.82) is 0 Å². The highest BCUT2D eigenvalue weighted by Gasteiger charge is 2.10. The van der Waals surface area contributed by atoms with Gasteiger partial charge in [-0.2, -0.15) is 0 Å². The molecule has 0 spiro atoms. The molecule has 1 nitrogen and oxygen atoms in total. The molecule has 0 radical (unpaired) electrons. The molecule has 2 heteroatoms. The summed E-state index contributed by atoms with van der Waals surface area (Å²) in [6, 6.07) is 0. The van der Waals surface area contributed by atoms with Crippen molar-refractivity contribution in [3.05, 3.63) is 0 Å². The van der Waals surface area contributed by atoms with Crippen LogP contribution in [-0.4, -0.2) is 18.0 Å². The molecule has 0 aliphatic heterocycles. The van der Waals surface area contributed by atoms with Crippen molar-refractivity contribution in [2.24, 2.45) is 0 Å². The normalized spacial score (nSPS) is 20.4. The van der Waals surface area contributed by atoms with E-state index in [0.29, 0.717) is 6.10 Å². The molecule has 0 atom stereocenters. The zero-order chi connectivity index (χ0) is 10.1. The number of ether oxygens (including phenoxy) is 1. The van der Waals surface area contributed by atoms with Crippen LogP contribution >= 0.6 is 15.9 Å². The molecule has 0 N–H and O–H groups in total. The Morgan fingerprint density at radius 2 is 1.57 bits per heavy atom. The number of alkyl halides is 1. The zero-order valence-electron chi connectivity index (χ0n) is 9.14. The van der Waals surface area contributed by atoms with E-state index in [2.05, 4.69) is 15.9 Å². The van der Waals surface area contributed by atoms with Gasteiger partial charge in [-0.15, -0.1) is 0 Å². The molecule has 1 fully saturated rings. The maximum atomic E-state index is 5.90. The Morgan fingerprint density at radius 1 is 0.929 bits per heavy atom. The Bertz CT molecular complexity index is 119. The molecule has 1 aliphatic rings. The van der Waals surface area contributed by atoms with E-state index in [1.54, 1.807) is 0 Å². The molecular formula is C12H23BrO. The average Bonchev–Trinajstić information content (AvgIpc) is 2.15. The summed E-state index contributed by atoms with van der Waals surface area (Å²) < 4.78 is 5.90. The number of halogens is 1. The predicted molar refractivity (Wildman–Crippen MR) is 65.1 cm³/mol. The second-order valence-corrected chi connectivity index (χ2v) is 5.03. The SMILES string of the molecule is BrCCCCOC1CCCCCCC1. The number of hydrogen-bond donors (Lipinski definition) is 0. The van der Waals surface area contributed by atoms with Crippen molar-refractivity contribution in [2.45, 2.75) is 63.9 Å². The van der Waals surface area contributed by atoms with Gasteiger partial charge in [0.05, 0.1) is 6.10 Å². The highest BCUT2D eigenvalue weighted by Crippen LogP contribution is 2.19. The summed E-state index contributed by atoms with van der Waals surface area (Å²) in [5, 5.41) is 1.11. The average molecular weight is 263 g/mol. The quantitative estimate of drug-likeness (QED) is 0.531. The monoisotopic (exact) mass is 262 g/mol. The molecular weight excluding hydrogens is 240 g/mol. The highest BCUT2D eigenvalue weighted by molar-refractivity contribution is 9.09. The summed E-state index contributed by atoms with van der Waals surface area (Å²) in [5.41, 5.74) is 0. The molecule has 0 aromatic heterocycles. The summed E-state index contributed by atoms with van der Waals surface area (Å²) >= 11 is 3.44. The molecule has 0 saturated heterocycles. The van der Waals surface area contributed by atoms with Gasteiger partial charge in [0.1, 0.15) is 0 Å². The summed E-state index contributed by atoms with van der Waals surface area (Å²) in [5.74, 6) is 0. The van der Waals surface area contributed by atoms with Gasteiger partial charge in [-0.3, -0.25) is 0 Å². The standard InChI is InChI=1S/C12H23BrO/c13-10-6-7-11-14-12-8-4-2-1-3-5-9-12/h12H,1-11H2. The minimum atomic E-state index is 0.575. The van der Waals surface area contributed by atoms with E-state index >= 15 is 0 Å². The van der Waals surface area contributed by atoms with Gasteiger partial charge in [0.25, 0.3) is 0 Å². The highest BCUT2D eigenvalue weighted by atomic mass is 79.9. The Morgan fingerprint density at radius 3 is 2.21 bits per heavy atom. The van der Waals surface area contributed by atoms with E-state index in [-0.39, 0.29) is 0 Å². The van der Waals surface area contributed by atoms with E-state index in [9.17, 15) is 0 Å². The van der Waals surface area contributed by atoms with Gasteiger partial charge in [0.2, 0.25) is 0 Å². The van der Waals surface area contributed by atoms with Crippen LogP contribution < -0.4 is 0 Å². The maximum Gasteiger partial charge on any atom is 0.0575 e. The van der Waals surface area contributed by atoms with Crippen LogP contribution in [0.15, 0.2) is 0 Å². The zero-order valence-corrected chi connectivity index (χ0v) is 10.7. The van der Waals surface area contributed by atoms with Crippen LogP contribution in [0.1, 0.15) is 57.8 Å². The summed E-state index contributed by atoms with van der Waals surface area (Å²) in [7, 11) is 0. The molecule has 0 aromatic carbocycles. The Kier molecular flexibility index (Phi) is 7.80. The van der Waals surface area contributed by atoms with Gasteiger partial charge in [0.15, 0.2) is 0 Å². The van der Waals surface area contributed by atoms with Crippen molar-refractivity contribution >= 4 is 15.9 Å². The first kappa shape index (κ1) is 12.5. The van der Waals surface area contributed by atoms with Gasteiger partial charge in [-0.25, -0.2) is 0 Å². The lowest BCUT2D eigenvalue weighted by atomic mass is 9.98. The van der Waals surface area contributed by atoms with Crippen molar-refractivity contribution in [3.8, 4) is 0 Å². The first-order valence-corrected chi connectivity index (χ1v) is 7.23. The van der Waals surface area contributed by atoms with E-state index in [0.717, 1.165) is 11.9 Å². The van der Waals surface area contributed by atoms with Crippen LogP contribution in [0.3, 0.4) is 0 Å². The van der Waals surface area contributed by atoms with Gasteiger partial charge in [-0.05, 0) is 25.7 Å². The van der Waals surface area contributed by atoms with Gasteiger partial charge >= 0.3 is 0 Å². The topological polar surface area (TPSA) is 9.23 Å². The molecule has 0 bridgehead atoms. The molecule has 84 valence electrons. The minimum Gasteiger partial charge on any atom is -0.378 e. The van der Waals surface area contributed by atoms with Gasteiger partial charge in [-0.1, -0.05) is 48.0 Å². The lowest BCUT2D eigenvalue weighted by Gasteiger charge is -2.20. The third kappa shape index (κ3) is 6.02. The first-order valence-electron chi connectivity index (χ1n) is 6.11. The lowest BCUT2D eigenvalue weighted by Crippen LogP contribution is -2.15. The number of hydrogen-bond acceptors (Lipinski definition) is 1. The van der Waals surface area contributed by atoms with Crippen LogP contribution in [0, 0.1) is 0 Å². The fourth-order valence-corrected chi connectivity index (χ4v) is 2.43. The molecule has 1 aliphatic carbocycles. The Labute approximate surface area is 96.7 Å². The molecule has 0 heterocycles. The van der Waals surface area contributed by atoms with Crippen molar-refractivity contribution < 1.29 is 4.74 Å². The molecule has 1 saturated carbocycles. The Hall–Kier alpha value is 0.440. The fourth-order valence-electron chi connectivity index (χ4n) is 2.03. The molecule has 0 unspecified atom stereocenters. The van der Waals surface area contributed by atoms with Gasteiger partial charge < -0.3 is 4.74 Å². The van der Waals surface area contributed by atoms with Crippen molar-refractivity contribution in [1.82, 2.24) is 0 Å². The second-order valence-electron chi connectivity index (χ2n) is 4.23. The molecule has 0 aromatic rings. The van der Waals surface area contributed by atoms with Crippen molar-refractivity contribution in [3.63, 3.8) is 0 Å². The van der Waals surface area contributed by atoms with E-state index in [1.165, 1.54) is 57.8 Å². The van der Waals surface area contributed by atoms with Gasteiger partial charge in [0, 0.05) is 11.9 Å². The van der Waals surface area contributed by atoms with Crippen molar-refractivity contribution in [2.75, 3.05) is 11.9 Å². The molecule has 14 heavy (non-hydrogen) atoms. The van der Waals surface area contributed by atoms with Crippen LogP contribution in [0.2, 0.25) is 0 Å². The lowest BCUT2D eigenvalue weighted by molar-refractivity contribution is 0.0340. The summed E-state index contributed by atoms with van der Waals surface area (Å²) in [4.78, 5) is 0. The summed E-state index contributed by atoms with van der Waals surface area (Å²) in [6.07, 6.45) is 12.7. The van der Waals surface area contributed by atoms with E-state index in [4.69, 9.17) is 4.74 Å². The third-order valence-corrected chi connectivity index (χ3v) is 3.49. The smallest absolute Gasteiger partial charge is 0.0575 e. The molecule has 1 rings (SSSR count). The Balaban J connectivity index is 2.02. The predicted octanol–water partition coefficient (Wildman–Crippen LogP) is 4.29. The number of rotatable bonds is 5. The fraction of sp³-hybridized carbons (Fsp3) is 1.00. The van der Waals surface area contributed by atoms with Crippen LogP contribution in [0.5, 0.6) is 0 Å². The third-order valence-electron chi connectivity index (χ3n) is 2.93. The molecule has 0 amide bonds. The van der Waals surface area contributed by atoms with E-state index < -0.39 is 0 Å². The maximum absolute atomic E-state index is 5.90. The van der Waals surface area contributed by atoms with Crippen LogP contribution in [0.25, 0.3) is 0 Å². The van der Waals surface area contributed by atoms with Crippen LogP contribution in [0.4, 0.5) is 0 Å². The minimum absolute atomic E-state index is 0.575. The first-order chi connectivity index (χ1) is 6.93. The largest absolute Gasteiger partial charge is 0.378 e. The van der Waals surface area contributed by atoms with E-state index in [1.807, 2.05) is 0 Å². The second kappa shape index (κ2) is 8.72. The summed E-state index contributed by atoms with van der Waals surface area (Å²) in [6.45, 7) is 0.969. The number of unbranched alkanes of at least 4 members (excludes halogenated alkanes) is 1.